The Balaban J connectivity index is 0.00000288. The number of hydrogen-bond acceptors (Lipinski definition) is 4. The molecule has 0 spiro atoms. The van der Waals surface area contributed by atoms with Crippen molar-refractivity contribution in [1.29, 1.82) is 0 Å². The fraction of sp³-hybridized carbons (Fsp3) is 0.765. The van der Waals surface area contributed by atoms with E-state index in [2.05, 4.69) is 39.5 Å². The number of aliphatic imine (C=N–C) groups is 1. The van der Waals surface area contributed by atoms with Gasteiger partial charge in [0.25, 0.3) is 0 Å². The predicted octanol–water partition coefficient (Wildman–Crippen LogP) is 3.66. The maximum Gasteiger partial charge on any atom is 0.193 e. The zero-order valence-electron chi connectivity index (χ0n) is 15.6. The lowest BCUT2D eigenvalue weighted by Crippen LogP contribution is -2.41. The Bertz CT molecular complexity index is 509. The summed E-state index contributed by atoms with van der Waals surface area (Å²) in [5.74, 6) is 2.67. The van der Waals surface area contributed by atoms with Crippen LogP contribution in [0.25, 0.3) is 0 Å². The van der Waals surface area contributed by atoms with Crippen LogP contribution in [-0.2, 0) is 6.54 Å². The van der Waals surface area contributed by atoms with E-state index in [1.54, 1.807) is 11.3 Å². The lowest BCUT2D eigenvalue weighted by Gasteiger charge is -2.31. The van der Waals surface area contributed by atoms with E-state index in [1.165, 1.54) is 25.7 Å². The summed E-state index contributed by atoms with van der Waals surface area (Å²) < 4.78 is 0. The Kier molecular flexibility index (Phi) is 9.33. The molecule has 0 atom stereocenters. The van der Waals surface area contributed by atoms with Crippen LogP contribution in [0.3, 0.4) is 0 Å². The summed E-state index contributed by atoms with van der Waals surface area (Å²) in [6, 6.07) is 0. The van der Waals surface area contributed by atoms with Crippen molar-refractivity contribution in [2.75, 3.05) is 39.6 Å². The summed E-state index contributed by atoms with van der Waals surface area (Å²) >= 11 is 1.68. The Morgan fingerprint density at radius 3 is 2.50 bits per heavy atom. The number of guanidine groups is 1. The van der Waals surface area contributed by atoms with Crippen LogP contribution in [-0.4, -0.2) is 50.6 Å². The zero-order chi connectivity index (χ0) is 16.8. The Labute approximate surface area is 168 Å². The van der Waals surface area contributed by atoms with Crippen LogP contribution < -0.4 is 10.2 Å². The summed E-state index contributed by atoms with van der Waals surface area (Å²) in [5, 5.41) is 6.59. The number of halogens is 1. The summed E-state index contributed by atoms with van der Waals surface area (Å²) in [5.41, 5.74) is 1.07. The molecule has 1 fully saturated rings. The molecule has 0 aromatic carbocycles. The average molecular weight is 465 g/mol. The fourth-order valence-electron chi connectivity index (χ4n) is 3.12. The van der Waals surface area contributed by atoms with Gasteiger partial charge in [-0.15, -0.1) is 35.3 Å². The third kappa shape index (κ3) is 6.38. The molecule has 0 unspecified atom stereocenters. The second kappa shape index (κ2) is 10.4. The van der Waals surface area contributed by atoms with Gasteiger partial charge >= 0.3 is 0 Å². The van der Waals surface area contributed by atoms with Gasteiger partial charge in [-0.05, 0) is 24.7 Å². The lowest BCUT2D eigenvalue weighted by atomic mass is 9.83. The minimum absolute atomic E-state index is 0. The average Bonchev–Trinajstić information content (AvgIpc) is 2.99. The van der Waals surface area contributed by atoms with Crippen molar-refractivity contribution < 1.29 is 0 Å². The molecular formula is C17H32IN5S. The highest BCUT2D eigenvalue weighted by atomic mass is 127. The van der Waals surface area contributed by atoms with Crippen LogP contribution in [0.2, 0.25) is 0 Å². The monoisotopic (exact) mass is 465 g/mol. The largest absolute Gasteiger partial charge is 0.354 e. The van der Waals surface area contributed by atoms with Crippen molar-refractivity contribution in [2.45, 2.75) is 39.2 Å². The highest BCUT2D eigenvalue weighted by Gasteiger charge is 2.20. The first-order chi connectivity index (χ1) is 11.0. The highest BCUT2D eigenvalue weighted by molar-refractivity contribution is 14.0. The third-order valence-electron chi connectivity index (χ3n) is 4.59. The van der Waals surface area contributed by atoms with Crippen molar-refractivity contribution >= 4 is 46.4 Å². The lowest BCUT2D eigenvalue weighted by molar-refractivity contribution is 0.250. The van der Waals surface area contributed by atoms with Gasteiger partial charge in [0, 0.05) is 40.1 Å². The standard InChI is InChI=1S/C17H31N5S.HI/c1-13-6-8-14(9-7-13)11-22(5)16(18-2)19-10-15-12-23-17(20-15)21(3)4;/h12-14H,6-11H2,1-5H3,(H,18,19);1H. The fourth-order valence-corrected chi connectivity index (χ4v) is 3.88. The number of aromatic nitrogens is 1. The molecule has 1 N–H and O–H groups in total. The molecule has 5 nitrogen and oxygen atoms in total. The Morgan fingerprint density at radius 2 is 1.96 bits per heavy atom. The van der Waals surface area contributed by atoms with Crippen molar-refractivity contribution in [2.24, 2.45) is 16.8 Å². The molecule has 7 heteroatoms. The summed E-state index contributed by atoms with van der Waals surface area (Å²) in [6.45, 7) is 4.19. The molecule has 1 aromatic heterocycles. The topological polar surface area (TPSA) is 43.8 Å². The molecule has 1 aliphatic carbocycles. The highest BCUT2D eigenvalue weighted by Crippen LogP contribution is 2.28. The first-order valence-corrected chi connectivity index (χ1v) is 9.41. The Hall–Kier alpha value is -0.570. The van der Waals surface area contributed by atoms with E-state index in [1.807, 2.05) is 26.0 Å². The molecule has 1 heterocycles. The van der Waals surface area contributed by atoms with Crippen molar-refractivity contribution in [3.8, 4) is 0 Å². The first kappa shape index (κ1) is 21.5. The quantitative estimate of drug-likeness (QED) is 0.410. The molecule has 0 saturated heterocycles. The molecule has 1 saturated carbocycles. The van der Waals surface area contributed by atoms with E-state index in [0.717, 1.165) is 41.7 Å². The normalized spacial score (nSPS) is 21.1. The van der Waals surface area contributed by atoms with Crippen LogP contribution in [0.5, 0.6) is 0 Å². The summed E-state index contributed by atoms with van der Waals surface area (Å²) in [4.78, 5) is 13.3. The SMILES string of the molecule is CN=C(NCc1csc(N(C)C)n1)N(C)CC1CCC(C)CC1.I. The molecule has 0 amide bonds. The van der Waals surface area contributed by atoms with Crippen LogP contribution in [0.15, 0.2) is 10.4 Å². The van der Waals surface area contributed by atoms with E-state index in [9.17, 15) is 0 Å². The van der Waals surface area contributed by atoms with Gasteiger partial charge in [-0.2, -0.15) is 0 Å². The maximum absolute atomic E-state index is 4.61. The number of anilines is 1. The maximum atomic E-state index is 4.61. The molecule has 138 valence electrons. The van der Waals surface area contributed by atoms with Gasteiger partial charge in [-0.25, -0.2) is 4.98 Å². The van der Waals surface area contributed by atoms with Gasteiger partial charge < -0.3 is 15.1 Å². The molecule has 2 rings (SSSR count). The Morgan fingerprint density at radius 1 is 1.29 bits per heavy atom. The molecule has 0 aliphatic heterocycles. The number of rotatable bonds is 5. The van der Waals surface area contributed by atoms with E-state index in [4.69, 9.17) is 0 Å². The molecule has 1 aliphatic rings. The van der Waals surface area contributed by atoms with E-state index in [-0.39, 0.29) is 24.0 Å². The molecule has 0 radical (unpaired) electrons. The minimum Gasteiger partial charge on any atom is -0.354 e. The van der Waals surface area contributed by atoms with Gasteiger partial charge in [0.05, 0.1) is 12.2 Å². The number of thiazole rings is 1. The summed E-state index contributed by atoms with van der Waals surface area (Å²) in [6.07, 6.45) is 5.44. The first-order valence-electron chi connectivity index (χ1n) is 8.53. The van der Waals surface area contributed by atoms with Crippen molar-refractivity contribution in [3.05, 3.63) is 11.1 Å². The van der Waals surface area contributed by atoms with Gasteiger partial charge in [0.2, 0.25) is 0 Å². The van der Waals surface area contributed by atoms with E-state index >= 15 is 0 Å². The van der Waals surface area contributed by atoms with Crippen molar-refractivity contribution in [3.63, 3.8) is 0 Å². The smallest absolute Gasteiger partial charge is 0.193 e. The van der Waals surface area contributed by atoms with Gasteiger partial charge in [-0.3, -0.25) is 4.99 Å². The second-order valence-electron chi connectivity index (χ2n) is 6.92. The predicted molar refractivity (Wildman–Crippen MR) is 116 cm³/mol. The zero-order valence-corrected chi connectivity index (χ0v) is 18.7. The van der Waals surface area contributed by atoms with Gasteiger partial charge in [0.15, 0.2) is 11.1 Å². The molecule has 24 heavy (non-hydrogen) atoms. The van der Waals surface area contributed by atoms with Crippen LogP contribution in [0.1, 0.15) is 38.3 Å². The second-order valence-corrected chi connectivity index (χ2v) is 7.76. The van der Waals surface area contributed by atoms with Crippen LogP contribution >= 0.6 is 35.3 Å². The van der Waals surface area contributed by atoms with Gasteiger partial charge in [0.1, 0.15) is 0 Å². The van der Waals surface area contributed by atoms with Gasteiger partial charge in [-0.1, -0.05) is 19.8 Å². The van der Waals surface area contributed by atoms with Crippen LogP contribution in [0, 0.1) is 11.8 Å². The molecular weight excluding hydrogens is 433 g/mol. The summed E-state index contributed by atoms with van der Waals surface area (Å²) in [7, 11) is 8.04. The molecule has 0 bridgehead atoms. The van der Waals surface area contributed by atoms with Crippen LogP contribution in [0.4, 0.5) is 5.13 Å². The minimum atomic E-state index is 0. The molecule has 1 aromatic rings. The van der Waals surface area contributed by atoms with E-state index < -0.39 is 0 Å². The van der Waals surface area contributed by atoms with Crippen molar-refractivity contribution in [1.82, 2.24) is 15.2 Å². The third-order valence-corrected chi connectivity index (χ3v) is 5.65. The van der Waals surface area contributed by atoms with E-state index in [0.29, 0.717) is 0 Å². The number of nitrogens with one attached hydrogen (secondary N) is 1. The number of nitrogens with zero attached hydrogens (tertiary/aromatic N) is 4. The number of hydrogen-bond donors (Lipinski definition) is 1.